The number of piperidine rings is 1. The van der Waals surface area contributed by atoms with Crippen molar-refractivity contribution in [2.75, 3.05) is 24.6 Å². The van der Waals surface area contributed by atoms with Gasteiger partial charge in [0.05, 0.1) is 34.1 Å². The molecular weight excluding hydrogens is 611 g/mol. The summed E-state index contributed by atoms with van der Waals surface area (Å²) in [6.07, 6.45) is 2.81. The van der Waals surface area contributed by atoms with Crippen LogP contribution in [0.3, 0.4) is 0 Å². The standard InChI is InChI=1S/C38H47FN4O5/c1-23-14-15-29-32(33(23)39)27-13-10-12-26(21-27)28-22-30-40-25(3)31(34(36(44)45)48-37(4,5)6)35(43(30)41-28)42-18-16-38(7,17-19-42)46-20-9-8-11-24(2)47-29/h10,12-15,21-22,24,34H,8-9,11,16-20H2,1-7H3,(H,44,45). The normalized spacial score (nSPS) is 21.2. The number of hydrogen-bond donors (Lipinski definition) is 1. The molecule has 9 nitrogen and oxygen atoms in total. The Kier molecular flexibility index (Phi) is 9.26. The van der Waals surface area contributed by atoms with Crippen molar-refractivity contribution in [2.45, 2.75) is 104 Å². The van der Waals surface area contributed by atoms with Crippen molar-refractivity contribution in [3.05, 3.63) is 65.1 Å². The highest BCUT2D eigenvalue weighted by atomic mass is 19.1. The summed E-state index contributed by atoms with van der Waals surface area (Å²) >= 11 is 0. The third-order valence-corrected chi connectivity index (χ3v) is 9.41. The smallest absolute Gasteiger partial charge is 0.337 e. The van der Waals surface area contributed by atoms with Gasteiger partial charge in [0.1, 0.15) is 17.4 Å². The fraction of sp³-hybridized carbons (Fsp3) is 0.500. The molecule has 7 rings (SSSR count). The number of fused-ring (bicyclic) bond motifs is 8. The number of hydrogen-bond acceptors (Lipinski definition) is 7. The van der Waals surface area contributed by atoms with Crippen LogP contribution in [-0.2, 0) is 14.3 Å². The lowest BCUT2D eigenvalue weighted by atomic mass is 9.92. The predicted octanol–water partition coefficient (Wildman–Crippen LogP) is 8.09. The first kappa shape index (κ1) is 33.9. The maximum atomic E-state index is 15.9. The summed E-state index contributed by atoms with van der Waals surface area (Å²) in [6.45, 7) is 15.2. The Balaban J connectivity index is 1.55. The topological polar surface area (TPSA) is 98.4 Å². The fourth-order valence-corrected chi connectivity index (χ4v) is 6.78. The molecule has 4 aromatic rings. The van der Waals surface area contributed by atoms with Crippen LogP contribution in [0, 0.1) is 19.7 Å². The number of rotatable bonds is 3. The summed E-state index contributed by atoms with van der Waals surface area (Å²) in [5.41, 5.74) is 3.65. The highest BCUT2D eigenvalue weighted by Gasteiger charge is 2.38. The minimum Gasteiger partial charge on any atom is -0.490 e. The van der Waals surface area contributed by atoms with Gasteiger partial charge < -0.3 is 24.2 Å². The Hall–Kier alpha value is -4.02. The Morgan fingerprint density at radius 3 is 2.54 bits per heavy atom. The van der Waals surface area contributed by atoms with Crippen LogP contribution in [0.2, 0.25) is 0 Å². The summed E-state index contributed by atoms with van der Waals surface area (Å²) in [5, 5.41) is 15.5. The molecular formula is C38H47FN4O5. The number of carboxylic acids is 1. The summed E-state index contributed by atoms with van der Waals surface area (Å²) in [5.74, 6) is -0.247. The molecule has 5 heterocycles. The van der Waals surface area contributed by atoms with E-state index in [0.29, 0.717) is 70.6 Å². The highest BCUT2D eigenvalue weighted by Crippen LogP contribution is 2.40. The summed E-state index contributed by atoms with van der Waals surface area (Å²) in [7, 11) is 0. The molecule has 48 heavy (non-hydrogen) atoms. The average molecular weight is 659 g/mol. The van der Waals surface area contributed by atoms with E-state index < -0.39 is 17.7 Å². The SMILES string of the molecule is Cc1ccc2c(c1F)-c1cccc(c1)-c1cc3nc(C)c(C(OC(C)(C)C)C(=O)O)c(n3n1)N1CCC(C)(CC1)OCCCCC(C)O2. The van der Waals surface area contributed by atoms with Gasteiger partial charge in [0, 0.05) is 37.0 Å². The molecule has 0 spiro atoms. The Morgan fingerprint density at radius 1 is 1.10 bits per heavy atom. The monoisotopic (exact) mass is 658 g/mol. The van der Waals surface area contributed by atoms with Crippen molar-refractivity contribution in [2.24, 2.45) is 0 Å². The van der Waals surface area contributed by atoms with Crippen molar-refractivity contribution >= 4 is 17.4 Å². The first-order valence-electron chi connectivity index (χ1n) is 17.0. The van der Waals surface area contributed by atoms with Crippen molar-refractivity contribution < 1.29 is 28.5 Å². The molecule has 2 aromatic heterocycles. The van der Waals surface area contributed by atoms with Gasteiger partial charge in [-0.2, -0.15) is 9.61 Å². The summed E-state index contributed by atoms with van der Waals surface area (Å²) < 4.78 is 36.7. The largest absolute Gasteiger partial charge is 0.490 e. The van der Waals surface area contributed by atoms with E-state index in [0.717, 1.165) is 37.7 Å². The number of benzene rings is 2. The van der Waals surface area contributed by atoms with Gasteiger partial charge in [0.15, 0.2) is 11.8 Å². The number of aryl methyl sites for hydroxylation is 2. The van der Waals surface area contributed by atoms with E-state index >= 15 is 4.39 Å². The first-order chi connectivity index (χ1) is 22.7. The average Bonchev–Trinajstić information content (AvgIpc) is 3.44. The number of halogens is 1. The van der Waals surface area contributed by atoms with Crippen molar-refractivity contribution in [3.63, 3.8) is 0 Å². The molecule has 6 bridgehead atoms. The van der Waals surface area contributed by atoms with Gasteiger partial charge in [-0.3, -0.25) is 0 Å². The van der Waals surface area contributed by atoms with Crippen LogP contribution in [0.15, 0.2) is 42.5 Å². The molecule has 0 amide bonds. The number of anilines is 1. The number of nitrogens with zero attached hydrogens (tertiary/aromatic N) is 4. The number of ether oxygens (including phenoxy) is 3. The molecule has 2 unspecified atom stereocenters. The molecule has 3 aliphatic heterocycles. The van der Waals surface area contributed by atoms with Crippen molar-refractivity contribution in [3.8, 4) is 28.1 Å². The van der Waals surface area contributed by atoms with E-state index in [1.807, 2.05) is 71.0 Å². The lowest BCUT2D eigenvalue weighted by molar-refractivity contribution is -0.160. The van der Waals surface area contributed by atoms with Crippen LogP contribution in [0.4, 0.5) is 10.2 Å². The Bertz CT molecular complexity index is 1820. The van der Waals surface area contributed by atoms with E-state index in [2.05, 4.69) is 11.8 Å². The molecule has 1 fully saturated rings. The maximum Gasteiger partial charge on any atom is 0.337 e. The second kappa shape index (κ2) is 13.1. The maximum absolute atomic E-state index is 15.9. The molecule has 0 saturated carbocycles. The lowest BCUT2D eigenvalue weighted by Gasteiger charge is -2.41. The van der Waals surface area contributed by atoms with Gasteiger partial charge in [0.25, 0.3) is 0 Å². The summed E-state index contributed by atoms with van der Waals surface area (Å²) in [6, 6.07) is 13.1. The molecule has 10 heteroatoms. The molecule has 1 N–H and O–H groups in total. The first-order valence-corrected chi connectivity index (χ1v) is 17.0. The number of carbonyl (C=O) groups is 1. The minimum atomic E-state index is -1.26. The lowest BCUT2D eigenvalue weighted by Crippen LogP contribution is -2.46. The number of carboxylic acid groups (broad SMARTS) is 1. The number of aromatic nitrogens is 3. The third-order valence-electron chi connectivity index (χ3n) is 9.41. The van der Waals surface area contributed by atoms with Crippen LogP contribution in [0.1, 0.15) is 89.6 Å². The van der Waals surface area contributed by atoms with Crippen LogP contribution in [-0.4, -0.2) is 62.7 Å². The summed E-state index contributed by atoms with van der Waals surface area (Å²) in [4.78, 5) is 19.9. The van der Waals surface area contributed by atoms with Gasteiger partial charge in [-0.05, 0) is 104 Å². The Morgan fingerprint density at radius 2 is 1.83 bits per heavy atom. The van der Waals surface area contributed by atoms with Gasteiger partial charge in [-0.1, -0.05) is 24.3 Å². The van der Waals surface area contributed by atoms with E-state index in [1.54, 1.807) is 17.5 Å². The van der Waals surface area contributed by atoms with Crippen LogP contribution >= 0.6 is 0 Å². The molecule has 2 aromatic carbocycles. The zero-order chi connectivity index (χ0) is 34.4. The predicted molar refractivity (Wildman–Crippen MR) is 184 cm³/mol. The molecule has 0 radical (unpaired) electrons. The van der Waals surface area contributed by atoms with Crippen molar-refractivity contribution in [1.82, 2.24) is 14.6 Å². The zero-order valence-electron chi connectivity index (χ0n) is 29.1. The second-order valence-electron chi connectivity index (χ2n) is 14.5. The van der Waals surface area contributed by atoms with Gasteiger partial charge >= 0.3 is 5.97 Å². The van der Waals surface area contributed by atoms with Crippen LogP contribution < -0.4 is 9.64 Å². The Labute approximate surface area is 282 Å². The van der Waals surface area contributed by atoms with Gasteiger partial charge in [-0.15, -0.1) is 0 Å². The minimum absolute atomic E-state index is 0.101. The van der Waals surface area contributed by atoms with E-state index in [-0.39, 0.29) is 17.5 Å². The second-order valence-corrected chi connectivity index (χ2v) is 14.5. The fourth-order valence-electron chi connectivity index (χ4n) is 6.78. The third kappa shape index (κ3) is 6.91. The van der Waals surface area contributed by atoms with Crippen LogP contribution in [0.5, 0.6) is 5.75 Å². The van der Waals surface area contributed by atoms with Crippen molar-refractivity contribution in [1.29, 1.82) is 0 Å². The van der Waals surface area contributed by atoms with Crippen LogP contribution in [0.25, 0.3) is 28.0 Å². The van der Waals surface area contributed by atoms with E-state index in [4.69, 9.17) is 24.3 Å². The van der Waals surface area contributed by atoms with E-state index in [9.17, 15) is 9.90 Å². The zero-order valence-corrected chi connectivity index (χ0v) is 29.1. The van der Waals surface area contributed by atoms with Gasteiger partial charge in [-0.25, -0.2) is 14.2 Å². The molecule has 3 aliphatic rings. The number of aliphatic carboxylic acids is 1. The molecule has 1 saturated heterocycles. The quantitative estimate of drug-likeness (QED) is 0.236. The van der Waals surface area contributed by atoms with E-state index in [1.165, 1.54) is 0 Å². The highest BCUT2D eigenvalue weighted by molar-refractivity contribution is 5.80. The molecule has 0 aliphatic carbocycles. The van der Waals surface area contributed by atoms with Gasteiger partial charge in [0.2, 0.25) is 0 Å². The molecule has 2 atom stereocenters. The molecule has 256 valence electrons.